The molecule has 0 bridgehead atoms. The Labute approximate surface area is 93.8 Å². The van der Waals surface area contributed by atoms with Gasteiger partial charge in [-0.25, -0.2) is 4.79 Å². The third-order valence-corrected chi connectivity index (χ3v) is 2.13. The summed E-state index contributed by atoms with van der Waals surface area (Å²) in [6.07, 6.45) is 0.769. The van der Waals surface area contributed by atoms with Gasteiger partial charge in [-0.15, -0.1) is 0 Å². The molecule has 0 saturated heterocycles. The summed E-state index contributed by atoms with van der Waals surface area (Å²) in [5, 5.41) is 12.0. The summed E-state index contributed by atoms with van der Waals surface area (Å²) >= 11 is 0. The van der Waals surface area contributed by atoms with Crippen molar-refractivity contribution in [1.29, 1.82) is 0 Å². The number of aromatic nitrogens is 2. The van der Waals surface area contributed by atoms with Crippen LogP contribution in [-0.2, 0) is 0 Å². The van der Waals surface area contributed by atoms with Crippen molar-refractivity contribution in [2.45, 2.75) is 33.1 Å². The number of hydrogen-bond donors (Lipinski definition) is 2. The molecular weight excluding hydrogens is 210 g/mol. The molecule has 16 heavy (non-hydrogen) atoms. The molecule has 6 nitrogen and oxygen atoms in total. The van der Waals surface area contributed by atoms with Crippen molar-refractivity contribution in [2.24, 2.45) is 11.1 Å². The van der Waals surface area contributed by atoms with Gasteiger partial charge in [0.1, 0.15) is 0 Å². The SMILES string of the molecule is CC(C)(C)CC(CN)c1nc(C(=O)O)no1. The molecule has 0 amide bonds. The van der Waals surface area contributed by atoms with E-state index in [1.165, 1.54) is 0 Å². The van der Waals surface area contributed by atoms with Crippen LogP contribution in [0.2, 0.25) is 0 Å². The van der Waals surface area contributed by atoms with Crippen LogP contribution in [0.4, 0.5) is 0 Å². The van der Waals surface area contributed by atoms with E-state index in [0.29, 0.717) is 12.4 Å². The largest absolute Gasteiger partial charge is 0.475 e. The number of carbonyl (C=O) groups is 1. The van der Waals surface area contributed by atoms with Crippen LogP contribution < -0.4 is 5.73 Å². The highest BCUT2D eigenvalue weighted by molar-refractivity contribution is 5.82. The van der Waals surface area contributed by atoms with Crippen molar-refractivity contribution in [3.8, 4) is 0 Å². The number of nitrogens with two attached hydrogens (primary N) is 1. The molecule has 0 aliphatic heterocycles. The Morgan fingerprint density at radius 3 is 2.56 bits per heavy atom. The molecule has 0 saturated carbocycles. The Hall–Kier alpha value is -1.43. The van der Waals surface area contributed by atoms with Crippen LogP contribution in [0, 0.1) is 5.41 Å². The first kappa shape index (κ1) is 12.6. The summed E-state index contributed by atoms with van der Waals surface area (Å²) in [4.78, 5) is 14.4. The maximum atomic E-state index is 10.6. The van der Waals surface area contributed by atoms with E-state index in [2.05, 4.69) is 30.9 Å². The van der Waals surface area contributed by atoms with Gasteiger partial charge in [0.25, 0.3) is 5.82 Å². The second-order valence-electron chi connectivity index (χ2n) is 4.96. The lowest BCUT2D eigenvalue weighted by Gasteiger charge is -2.22. The van der Waals surface area contributed by atoms with Crippen LogP contribution in [-0.4, -0.2) is 27.8 Å². The van der Waals surface area contributed by atoms with Gasteiger partial charge in [0, 0.05) is 6.54 Å². The molecule has 0 spiro atoms. The highest BCUT2D eigenvalue weighted by Gasteiger charge is 2.25. The van der Waals surface area contributed by atoms with E-state index in [4.69, 9.17) is 15.4 Å². The van der Waals surface area contributed by atoms with E-state index < -0.39 is 5.97 Å². The van der Waals surface area contributed by atoms with Gasteiger partial charge in [-0.2, -0.15) is 4.98 Å². The van der Waals surface area contributed by atoms with E-state index in [1.807, 2.05) is 0 Å². The van der Waals surface area contributed by atoms with Crippen molar-refractivity contribution in [3.63, 3.8) is 0 Å². The lowest BCUT2D eigenvalue weighted by atomic mass is 9.84. The van der Waals surface area contributed by atoms with Crippen LogP contribution in [0.25, 0.3) is 0 Å². The molecule has 0 aliphatic rings. The average molecular weight is 227 g/mol. The van der Waals surface area contributed by atoms with E-state index in [9.17, 15) is 4.79 Å². The van der Waals surface area contributed by atoms with E-state index in [0.717, 1.165) is 6.42 Å². The molecular formula is C10H17N3O3. The third-order valence-electron chi connectivity index (χ3n) is 2.13. The first-order chi connectivity index (χ1) is 7.33. The number of rotatable bonds is 4. The fourth-order valence-corrected chi connectivity index (χ4v) is 1.50. The molecule has 1 aromatic rings. The lowest BCUT2D eigenvalue weighted by molar-refractivity contribution is 0.0680. The normalized spacial score (nSPS) is 13.8. The molecule has 0 aliphatic carbocycles. The van der Waals surface area contributed by atoms with Crippen molar-refractivity contribution >= 4 is 5.97 Å². The summed E-state index contributed by atoms with van der Waals surface area (Å²) < 4.78 is 4.90. The van der Waals surface area contributed by atoms with Gasteiger partial charge in [-0.1, -0.05) is 20.8 Å². The standard InChI is InChI=1S/C10H17N3O3/c1-10(2,3)4-6(5-11)8-12-7(9(14)15)13-16-8/h6H,4-5,11H2,1-3H3,(H,14,15). The van der Waals surface area contributed by atoms with Crippen molar-refractivity contribution in [1.82, 2.24) is 10.1 Å². The van der Waals surface area contributed by atoms with Crippen LogP contribution >= 0.6 is 0 Å². The Balaban J connectivity index is 2.83. The van der Waals surface area contributed by atoms with Crippen LogP contribution in [0.3, 0.4) is 0 Å². The monoisotopic (exact) mass is 227 g/mol. The predicted molar refractivity (Wildman–Crippen MR) is 57.1 cm³/mol. The molecule has 3 N–H and O–H groups in total. The van der Waals surface area contributed by atoms with Crippen LogP contribution in [0.15, 0.2) is 4.52 Å². The fourth-order valence-electron chi connectivity index (χ4n) is 1.50. The number of carboxylic acids is 1. The number of hydrogen-bond acceptors (Lipinski definition) is 5. The summed E-state index contributed by atoms with van der Waals surface area (Å²) in [6, 6.07) is 0. The molecule has 1 atom stereocenters. The highest BCUT2D eigenvalue weighted by atomic mass is 16.5. The summed E-state index contributed by atoms with van der Waals surface area (Å²) in [6.45, 7) is 6.58. The van der Waals surface area contributed by atoms with Crippen molar-refractivity contribution < 1.29 is 14.4 Å². The van der Waals surface area contributed by atoms with Gasteiger partial charge in [0.15, 0.2) is 0 Å². The molecule has 1 rings (SSSR count). The van der Waals surface area contributed by atoms with Gasteiger partial charge >= 0.3 is 5.97 Å². The topological polar surface area (TPSA) is 102 Å². The predicted octanol–water partition coefficient (Wildman–Crippen LogP) is 1.25. The molecule has 1 aromatic heterocycles. The second kappa shape index (κ2) is 4.61. The van der Waals surface area contributed by atoms with Gasteiger partial charge in [0.2, 0.25) is 5.89 Å². The number of nitrogens with zero attached hydrogens (tertiary/aromatic N) is 2. The molecule has 0 fully saturated rings. The quantitative estimate of drug-likeness (QED) is 0.802. The maximum absolute atomic E-state index is 10.6. The number of aromatic carboxylic acids is 1. The van der Waals surface area contributed by atoms with Gasteiger partial charge in [0.05, 0.1) is 5.92 Å². The lowest BCUT2D eigenvalue weighted by Crippen LogP contribution is -2.19. The first-order valence-corrected chi connectivity index (χ1v) is 5.10. The minimum absolute atomic E-state index is 0.0713. The second-order valence-corrected chi connectivity index (χ2v) is 4.96. The molecule has 6 heteroatoms. The highest BCUT2D eigenvalue weighted by Crippen LogP contribution is 2.29. The smallest absolute Gasteiger partial charge is 0.377 e. The van der Waals surface area contributed by atoms with Crippen molar-refractivity contribution in [3.05, 3.63) is 11.7 Å². The zero-order chi connectivity index (χ0) is 12.3. The minimum atomic E-state index is -1.19. The minimum Gasteiger partial charge on any atom is -0.475 e. The van der Waals surface area contributed by atoms with Gasteiger partial charge in [-0.05, 0) is 17.0 Å². The first-order valence-electron chi connectivity index (χ1n) is 5.10. The zero-order valence-electron chi connectivity index (χ0n) is 9.73. The van der Waals surface area contributed by atoms with Crippen molar-refractivity contribution in [2.75, 3.05) is 6.54 Å². The average Bonchev–Trinajstić information content (AvgIpc) is 2.61. The molecule has 1 heterocycles. The molecule has 0 radical (unpaired) electrons. The van der Waals surface area contributed by atoms with E-state index >= 15 is 0 Å². The van der Waals surface area contributed by atoms with E-state index in [1.54, 1.807) is 0 Å². The van der Waals surface area contributed by atoms with Gasteiger partial charge in [-0.3, -0.25) is 0 Å². The third kappa shape index (κ3) is 3.30. The van der Waals surface area contributed by atoms with E-state index in [-0.39, 0.29) is 17.2 Å². The Morgan fingerprint density at radius 2 is 2.19 bits per heavy atom. The molecule has 90 valence electrons. The Morgan fingerprint density at radius 1 is 1.56 bits per heavy atom. The van der Waals surface area contributed by atoms with Gasteiger partial charge < -0.3 is 15.4 Å². The molecule has 1 unspecified atom stereocenters. The summed E-state index contributed by atoms with van der Waals surface area (Å²) in [5.74, 6) is -1.31. The van der Waals surface area contributed by atoms with Crippen LogP contribution in [0.1, 0.15) is 49.6 Å². The Kier molecular flexibility index (Phi) is 3.64. The molecule has 0 aromatic carbocycles. The van der Waals surface area contributed by atoms with Crippen LogP contribution in [0.5, 0.6) is 0 Å². The fraction of sp³-hybridized carbons (Fsp3) is 0.700. The maximum Gasteiger partial charge on any atom is 0.377 e. The zero-order valence-corrected chi connectivity index (χ0v) is 9.73. The summed E-state index contributed by atoms with van der Waals surface area (Å²) in [5.41, 5.74) is 5.69. The Bertz CT molecular complexity index is 368. The summed E-state index contributed by atoms with van der Waals surface area (Å²) in [7, 11) is 0. The number of carboxylic acid groups (broad SMARTS) is 1.